The largest absolute Gasteiger partial charge is 0.387 e. The number of hydrogen-bond acceptors (Lipinski definition) is 5. The van der Waals surface area contributed by atoms with E-state index < -0.39 is 12.0 Å². The predicted octanol–water partition coefficient (Wildman–Crippen LogP) is 0.0512. The first-order chi connectivity index (χ1) is 10.9. The molecule has 1 saturated heterocycles. The summed E-state index contributed by atoms with van der Waals surface area (Å²) in [5.74, 6) is -1.12. The van der Waals surface area contributed by atoms with E-state index in [1.165, 1.54) is 0 Å². The lowest BCUT2D eigenvalue weighted by Crippen LogP contribution is -2.41. The normalized spacial score (nSPS) is 15.7. The Hall–Kier alpha value is -2.41. The lowest BCUT2D eigenvalue weighted by atomic mass is 10.1. The standard InChI is InChI=1S/C16H21N3O4/c1-18(2)12-5-3-11(4-6-12)13(20)9-17-14(21)10-19-15(22)7-8-16(19)23/h3-6,13,20H,7-10H2,1-2H3,(H,17,21). The minimum atomic E-state index is -0.847. The average Bonchev–Trinajstić information content (AvgIpc) is 2.84. The first-order valence-corrected chi connectivity index (χ1v) is 7.43. The van der Waals surface area contributed by atoms with Gasteiger partial charge in [0, 0.05) is 39.2 Å². The third-order valence-electron chi connectivity index (χ3n) is 3.74. The molecule has 23 heavy (non-hydrogen) atoms. The summed E-state index contributed by atoms with van der Waals surface area (Å²) in [4.78, 5) is 37.6. The molecule has 0 bridgehead atoms. The van der Waals surface area contributed by atoms with Crippen LogP contribution >= 0.6 is 0 Å². The van der Waals surface area contributed by atoms with Crippen molar-refractivity contribution in [3.05, 3.63) is 29.8 Å². The maximum atomic E-state index is 11.8. The van der Waals surface area contributed by atoms with E-state index in [2.05, 4.69) is 5.32 Å². The highest BCUT2D eigenvalue weighted by Gasteiger charge is 2.30. The number of anilines is 1. The van der Waals surface area contributed by atoms with Crippen molar-refractivity contribution >= 4 is 23.4 Å². The summed E-state index contributed by atoms with van der Waals surface area (Å²) in [6.45, 7) is -0.264. The first-order valence-electron chi connectivity index (χ1n) is 7.43. The summed E-state index contributed by atoms with van der Waals surface area (Å²) in [7, 11) is 3.85. The van der Waals surface area contributed by atoms with Crippen LogP contribution in [0.1, 0.15) is 24.5 Å². The first kappa shape index (κ1) is 17.0. The quantitative estimate of drug-likeness (QED) is 0.723. The molecule has 7 heteroatoms. The van der Waals surface area contributed by atoms with Crippen molar-refractivity contribution in [2.45, 2.75) is 18.9 Å². The van der Waals surface area contributed by atoms with Crippen LogP contribution in [0.3, 0.4) is 0 Å². The Morgan fingerprint density at radius 3 is 2.30 bits per heavy atom. The smallest absolute Gasteiger partial charge is 0.240 e. The lowest BCUT2D eigenvalue weighted by Gasteiger charge is -2.17. The molecule has 1 aliphatic heterocycles. The van der Waals surface area contributed by atoms with Crippen LogP contribution in [0.5, 0.6) is 0 Å². The molecule has 1 aliphatic rings. The fourth-order valence-corrected chi connectivity index (χ4v) is 2.32. The molecule has 0 saturated carbocycles. The Bertz CT molecular complexity index is 582. The van der Waals surface area contributed by atoms with Crippen LogP contribution in [0.4, 0.5) is 5.69 Å². The molecule has 124 valence electrons. The molecular weight excluding hydrogens is 298 g/mol. The summed E-state index contributed by atoms with van der Waals surface area (Å²) >= 11 is 0. The molecule has 2 N–H and O–H groups in total. The van der Waals surface area contributed by atoms with Crippen LogP contribution in [0.2, 0.25) is 0 Å². The predicted molar refractivity (Wildman–Crippen MR) is 84.7 cm³/mol. The van der Waals surface area contributed by atoms with Gasteiger partial charge in [0.05, 0.1) is 6.10 Å². The van der Waals surface area contributed by atoms with Gasteiger partial charge in [0.25, 0.3) is 0 Å². The van der Waals surface area contributed by atoms with Gasteiger partial charge in [-0.25, -0.2) is 0 Å². The van der Waals surface area contributed by atoms with Gasteiger partial charge in [-0.3, -0.25) is 19.3 Å². The Kier molecular flexibility index (Phi) is 5.33. The molecule has 1 unspecified atom stereocenters. The van der Waals surface area contributed by atoms with Crippen LogP contribution in [0, 0.1) is 0 Å². The van der Waals surface area contributed by atoms with E-state index in [9.17, 15) is 19.5 Å². The Balaban J connectivity index is 1.83. The summed E-state index contributed by atoms with van der Waals surface area (Å²) in [6, 6.07) is 7.34. The Morgan fingerprint density at radius 1 is 1.22 bits per heavy atom. The topological polar surface area (TPSA) is 89.9 Å². The summed E-state index contributed by atoms with van der Waals surface area (Å²) in [5.41, 5.74) is 1.69. The summed E-state index contributed by atoms with van der Waals surface area (Å²) in [6.07, 6.45) is -0.528. The number of carbonyl (C=O) groups is 3. The van der Waals surface area contributed by atoms with Crippen molar-refractivity contribution in [2.75, 3.05) is 32.1 Å². The molecule has 1 atom stereocenters. The molecule has 1 aromatic rings. The third kappa shape index (κ3) is 4.29. The van der Waals surface area contributed by atoms with Crippen molar-refractivity contribution < 1.29 is 19.5 Å². The van der Waals surface area contributed by atoms with E-state index in [0.29, 0.717) is 5.56 Å². The summed E-state index contributed by atoms with van der Waals surface area (Å²) in [5, 5.41) is 12.6. The molecule has 0 aromatic heterocycles. The van der Waals surface area contributed by atoms with Crippen LogP contribution in [0.15, 0.2) is 24.3 Å². The number of nitrogens with one attached hydrogen (secondary N) is 1. The van der Waals surface area contributed by atoms with Gasteiger partial charge in [0.15, 0.2) is 0 Å². The second-order valence-corrected chi connectivity index (χ2v) is 5.68. The second-order valence-electron chi connectivity index (χ2n) is 5.68. The lowest BCUT2D eigenvalue weighted by molar-refractivity contribution is -0.142. The van der Waals surface area contributed by atoms with Gasteiger partial charge in [-0.2, -0.15) is 0 Å². The van der Waals surface area contributed by atoms with E-state index in [-0.39, 0.29) is 37.7 Å². The number of nitrogens with zero attached hydrogens (tertiary/aromatic N) is 2. The van der Waals surface area contributed by atoms with Crippen molar-refractivity contribution in [1.29, 1.82) is 0 Å². The number of hydrogen-bond donors (Lipinski definition) is 2. The van der Waals surface area contributed by atoms with Gasteiger partial charge in [-0.05, 0) is 17.7 Å². The van der Waals surface area contributed by atoms with Gasteiger partial charge >= 0.3 is 0 Å². The van der Waals surface area contributed by atoms with E-state index in [4.69, 9.17) is 0 Å². The highest BCUT2D eigenvalue weighted by Crippen LogP contribution is 2.17. The number of amides is 3. The molecule has 0 aliphatic carbocycles. The Morgan fingerprint density at radius 2 is 1.78 bits per heavy atom. The minimum Gasteiger partial charge on any atom is -0.387 e. The van der Waals surface area contributed by atoms with E-state index in [1.54, 1.807) is 12.1 Å². The number of carbonyl (C=O) groups excluding carboxylic acids is 3. The van der Waals surface area contributed by atoms with Gasteiger partial charge in [-0.1, -0.05) is 12.1 Å². The highest BCUT2D eigenvalue weighted by atomic mass is 16.3. The number of likely N-dealkylation sites (tertiary alicyclic amines) is 1. The van der Waals surface area contributed by atoms with Crippen molar-refractivity contribution in [3.63, 3.8) is 0 Å². The van der Waals surface area contributed by atoms with E-state index in [0.717, 1.165) is 10.6 Å². The van der Waals surface area contributed by atoms with Crippen molar-refractivity contribution in [2.24, 2.45) is 0 Å². The Labute approximate surface area is 134 Å². The maximum absolute atomic E-state index is 11.8. The summed E-state index contributed by atoms with van der Waals surface area (Å²) < 4.78 is 0. The van der Waals surface area contributed by atoms with Crippen LogP contribution < -0.4 is 10.2 Å². The molecule has 1 heterocycles. The molecular formula is C16H21N3O4. The van der Waals surface area contributed by atoms with Gasteiger partial charge in [-0.15, -0.1) is 0 Å². The van der Waals surface area contributed by atoms with Crippen LogP contribution in [0.25, 0.3) is 0 Å². The zero-order valence-corrected chi connectivity index (χ0v) is 13.3. The van der Waals surface area contributed by atoms with Gasteiger partial charge in [0.1, 0.15) is 6.54 Å². The number of benzene rings is 1. The minimum absolute atomic E-state index is 0.0242. The van der Waals surface area contributed by atoms with Crippen LogP contribution in [-0.4, -0.2) is 54.9 Å². The van der Waals surface area contributed by atoms with E-state index in [1.807, 2.05) is 31.1 Å². The second kappa shape index (κ2) is 7.23. The molecule has 0 spiro atoms. The number of rotatable bonds is 6. The zero-order valence-electron chi connectivity index (χ0n) is 13.3. The van der Waals surface area contributed by atoms with Crippen LogP contribution in [-0.2, 0) is 14.4 Å². The van der Waals surface area contributed by atoms with Gasteiger partial charge < -0.3 is 15.3 Å². The third-order valence-corrected chi connectivity index (χ3v) is 3.74. The zero-order chi connectivity index (χ0) is 17.0. The fraction of sp³-hybridized carbons (Fsp3) is 0.438. The average molecular weight is 319 g/mol. The van der Waals surface area contributed by atoms with Crippen molar-refractivity contribution in [3.8, 4) is 0 Å². The monoisotopic (exact) mass is 319 g/mol. The van der Waals surface area contributed by atoms with Crippen molar-refractivity contribution in [1.82, 2.24) is 10.2 Å². The molecule has 7 nitrogen and oxygen atoms in total. The highest BCUT2D eigenvalue weighted by molar-refractivity contribution is 6.04. The van der Waals surface area contributed by atoms with Gasteiger partial charge in [0.2, 0.25) is 17.7 Å². The number of aliphatic hydroxyl groups excluding tert-OH is 1. The fourth-order valence-electron chi connectivity index (χ4n) is 2.32. The number of imide groups is 1. The molecule has 2 rings (SSSR count). The van der Waals surface area contributed by atoms with E-state index >= 15 is 0 Å². The molecule has 1 fully saturated rings. The molecule has 1 aromatic carbocycles. The maximum Gasteiger partial charge on any atom is 0.240 e. The SMILES string of the molecule is CN(C)c1ccc(C(O)CNC(=O)CN2C(=O)CCC2=O)cc1. The molecule has 0 radical (unpaired) electrons. The number of aliphatic hydroxyl groups is 1. The molecule has 3 amide bonds.